The van der Waals surface area contributed by atoms with E-state index in [2.05, 4.69) is 0 Å². The van der Waals surface area contributed by atoms with Crippen molar-refractivity contribution in [1.82, 2.24) is 15.5 Å². The van der Waals surface area contributed by atoms with Gasteiger partial charge in [-0.05, 0) is 6.42 Å². The fourth-order valence-electron chi connectivity index (χ4n) is 0.687. The number of carbonyl (C=O) groups is 3. The van der Waals surface area contributed by atoms with Gasteiger partial charge >= 0.3 is 12.1 Å². The molecule has 0 saturated heterocycles. The molecule has 0 heterocycles. The molecule has 2 N–H and O–H groups in total. The zero-order chi connectivity index (χ0) is 11.7. The lowest BCUT2D eigenvalue weighted by atomic mass is 10.5. The Kier molecular flexibility index (Phi) is 6.90. The van der Waals surface area contributed by atoms with E-state index in [9.17, 15) is 14.4 Å². The number of carbonyl (C=O) groups excluding carboxylic acids is 3. The Morgan fingerprint density at radius 3 is 2.67 bits per heavy atom. The number of hydrogen-bond donors (Lipinski definition) is 2. The molecule has 0 aliphatic heterocycles. The van der Waals surface area contributed by atoms with Crippen LogP contribution in [0.2, 0.25) is 0 Å². The standard InChI is InChI=1S/C8H15N3O4/c1-3-4-15-6-11(2)8(14)10-7(13)9-5-12/h5H,3-4,6H2,1-2H3,(H2,9,10,12,13,14). The van der Waals surface area contributed by atoms with Crippen LogP contribution in [0.25, 0.3) is 0 Å². The van der Waals surface area contributed by atoms with Gasteiger partial charge < -0.3 is 9.64 Å². The summed E-state index contributed by atoms with van der Waals surface area (Å²) in [6, 6.07) is -1.50. The summed E-state index contributed by atoms with van der Waals surface area (Å²) in [5, 5.41) is 3.71. The van der Waals surface area contributed by atoms with E-state index in [1.54, 1.807) is 5.32 Å². The summed E-state index contributed by atoms with van der Waals surface area (Å²) < 4.78 is 5.07. The molecule has 0 atom stereocenters. The first-order valence-corrected chi connectivity index (χ1v) is 4.45. The largest absolute Gasteiger partial charge is 0.361 e. The fourth-order valence-corrected chi connectivity index (χ4v) is 0.687. The Morgan fingerprint density at radius 2 is 2.13 bits per heavy atom. The van der Waals surface area contributed by atoms with Gasteiger partial charge in [0.2, 0.25) is 6.41 Å². The lowest BCUT2D eigenvalue weighted by molar-refractivity contribution is -0.108. The highest BCUT2D eigenvalue weighted by Gasteiger charge is 2.11. The van der Waals surface area contributed by atoms with Gasteiger partial charge in [0, 0.05) is 13.7 Å². The average molecular weight is 217 g/mol. The van der Waals surface area contributed by atoms with Crippen LogP contribution in [0, 0.1) is 0 Å². The number of rotatable bonds is 5. The van der Waals surface area contributed by atoms with Crippen LogP contribution >= 0.6 is 0 Å². The molecule has 7 heteroatoms. The average Bonchev–Trinajstić information content (AvgIpc) is 2.18. The predicted octanol–water partition coefficient (Wildman–Crippen LogP) is -0.122. The van der Waals surface area contributed by atoms with E-state index < -0.39 is 12.1 Å². The van der Waals surface area contributed by atoms with E-state index in [0.29, 0.717) is 6.61 Å². The van der Waals surface area contributed by atoms with Crippen molar-refractivity contribution in [2.75, 3.05) is 20.4 Å². The minimum Gasteiger partial charge on any atom is -0.361 e. The van der Waals surface area contributed by atoms with Gasteiger partial charge in [-0.3, -0.25) is 15.4 Å². The van der Waals surface area contributed by atoms with E-state index in [-0.39, 0.29) is 13.1 Å². The van der Waals surface area contributed by atoms with Crippen molar-refractivity contribution in [2.24, 2.45) is 0 Å². The number of amides is 5. The van der Waals surface area contributed by atoms with E-state index in [1.165, 1.54) is 11.9 Å². The molecule has 0 unspecified atom stereocenters. The first-order chi connectivity index (χ1) is 7.11. The van der Waals surface area contributed by atoms with Gasteiger partial charge in [0.1, 0.15) is 6.73 Å². The second-order valence-electron chi connectivity index (χ2n) is 2.76. The van der Waals surface area contributed by atoms with Crippen LogP contribution < -0.4 is 10.6 Å². The van der Waals surface area contributed by atoms with Crippen LogP contribution in [0.4, 0.5) is 9.59 Å². The highest BCUT2D eigenvalue weighted by atomic mass is 16.5. The molecule has 0 radical (unpaired) electrons. The monoisotopic (exact) mass is 217 g/mol. The van der Waals surface area contributed by atoms with Crippen LogP contribution in [0.3, 0.4) is 0 Å². The zero-order valence-corrected chi connectivity index (χ0v) is 8.78. The topological polar surface area (TPSA) is 87.7 Å². The summed E-state index contributed by atoms with van der Waals surface area (Å²) in [4.78, 5) is 33.0. The fraction of sp³-hybridized carbons (Fsp3) is 0.625. The number of ether oxygens (including phenoxy) is 1. The summed E-state index contributed by atoms with van der Waals surface area (Å²) in [6.07, 6.45) is 1.04. The van der Waals surface area contributed by atoms with Crippen molar-refractivity contribution < 1.29 is 19.1 Å². The summed E-state index contributed by atoms with van der Waals surface area (Å²) in [5.41, 5.74) is 0. The Bertz CT molecular complexity index is 232. The van der Waals surface area contributed by atoms with Gasteiger partial charge in [0.15, 0.2) is 0 Å². The van der Waals surface area contributed by atoms with Crippen LogP contribution in [0.5, 0.6) is 0 Å². The molecule has 0 aromatic rings. The van der Waals surface area contributed by atoms with Crippen molar-refractivity contribution in [3.8, 4) is 0 Å². The minimum absolute atomic E-state index is 0.0913. The highest BCUT2D eigenvalue weighted by Crippen LogP contribution is 1.87. The molecule has 5 amide bonds. The van der Waals surface area contributed by atoms with Crippen molar-refractivity contribution >= 4 is 18.5 Å². The third-order valence-electron chi connectivity index (χ3n) is 1.39. The molecule has 0 rings (SSSR count). The SMILES string of the molecule is CCCOCN(C)C(=O)NC(=O)NC=O. The molecule has 0 fully saturated rings. The molecule has 86 valence electrons. The van der Waals surface area contributed by atoms with Gasteiger partial charge in [-0.1, -0.05) is 6.92 Å². The maximum Gasteiger partial charge on any atom is 0.329 e. The first kappa shape index (κ1) is 13.4. The molecule has 0 spiro atoms. The Balaban J connectivity index is 3.77. The van der Waals surface area contributed by atoms with Crippen LogP contribution in [-0.2, 0) is 9.53 Å². The molecule has 0 aromatic carbocycles. The minimum atomic E-state index is -0.864. The Hall–Kier alpha value is -1.63. The van der Waals surface area contributed by atoms with Crippen molar-refractivity contribution in [2.45, 2.75) is 13.3 Å². The van der Waals surface area contributed by atoms with Gasteiger partial charge in [-0.2, -0.15) is 0 Å². The van der Waals surface area contributed by atoms with Gasteiger partial charge in [0.05, 0.1) is 0 Å². The Morgan fingerprint density at radius 1 is 1.47 bits per heavy atom. The van der Waals surface area contributed by atoms with E-state index in [4.69, 9.17) is 4.74 Å². The summed E-state index contributed by atoms with van der Waals surface area (Å²) >= 11 is 0. The maximum atomic E-state index is 11.2. The van der Waals surface area contributed by atoms with E-state index in [0.717, 1.165) is 6.42 Å². The molecule has 0 aliphatic carbocycles. The number of imide groups is 2. The molecule has 7 nitrogen and oxygen atoms in total. The van der Waals surface area contributed by atoms with Crippen LogP contribution in [0.15, 0.2) is 0 Å². The summed E-state index contributed by atoms with van der Waals surface area (Å²) in [6.45, 7) is 2.57. The van der Waals surface area contributed by atoms with Crippen LogP contribution in [0.1, 0.15) is 13.3 Å². The number of nitrogens with one attached hydrogen (secondary N) is 2. The first-order valence-electron chi connectivity index (χ1n) is 4.45. The molecule has 15 heavy (non-hydrogen) atoms. The van der Waals surface area contributed by atoms with Gasteiger partial charge in [-0.25, -0.2) is 9.59 Å². The van der Waals surface area contributed by atoms with Crippen LogP contribution in [-0.4, -0.2) is 43.8 Å². The highest BCUT2D eigenvalue weighted by molar-refractivity contribution is 5.97. The second kappa shape index (κ2) is 7.74. The molecular weight excluding hydrogens is 202 g/mol. The molecule has 0 bridgehead atoms. The molecular formula is C8H15N3O4. The molecule has 0 saturated carbocycles. The maximum absolute atomic E-state index is 11.2. The molecule has 0 aliphatic rings. The zero-order valence-electron chi connectivity index (χ0n) is 8.78. The summed E-state index contributed by atoms with van der Waals surface area (Å²) in [5.74, 6) is 0. The van der Waals surface area contributed by atoms with Gasteiger partial charge in [0.25, 0.3) is 0 Å². The van der Waals surface area contributed by atoms with Crippen molar-refractivity contribution in [3.05, 3.63) is 0 Å². The lowest BCUT2D eigenvalue weighted by Gasteiger charge is -2.16. The number of nitrogens with zero attached hydrogens (tertiary/aromatic N) is 1. The third-order valence-corrected chi connectivity index (χ3v) is 1.39. The summed E-state index contributed by atoms with van der Waals surface area (Å²) in [7, 11) is 1.47. The predicted molar refractivity (Wildman–Crippen MR) is 52.0 cm³/mol. The van der Waals surface area contributed by atoms with E-state index in [1.807, 2.05) is 12.2 Å². The van der Waals surface area contributed by atoms with Crippen molar-refractivity contribution in [1.29, 1.82) is 0 Å². The van der Waals surface area contributed by atoms with E-state index >= 15 is 0 Å². The van der Waals surface area contributed by atoms with Crippen molar-refractivity contribution in [3.63, 3.8) is 0 Å². The lowest BCUT2D eigenvalue weighted by Crippen LogP contribution is -2.45. The quantitative estimate of drug-likeness (QED) is 0.381. The Labute approximate surface area is 87.8 Å². The normalized spacial score (nSPS) is 9.20. The molecule has 0 aromatic heterocycles. The third kappa shape index (κ3) is 6.44. The number of urea groups is 2. The van der Waals surface area contributed by atoms with Gasteiger partial charge in [-0.15, -0.1) is 0 Å². The number of hydrogen-bond acceptors (Lipinski definition) is 4. The second-order valence-corrected chi connectivity index (χ2v) is 2.76. The smallest absolute Gasteiger partial charge is 0.329 e.